The first-order valence-corrected chi connectivity index (χ1v) is 5.72. The first-order chi connectivity index (χ1) is 8.75. The maximum absolute atomic E-state index is 11.7. The number of nitrogens with one attached hydrogen (secondary N) is 1. The molecule has 92 valence electrons. The van der Waals surface area contributed by atoms with Gasteiger partial charge in [0, 0.05) is 31.1 Å². The highest BCUT2D eigenvalue weighted by Crippen LogP contribution is 1.96. The number of aryl methyl sites for hydroxylation is 1. The van der Waals surface area contributed by atoms with E-state index in [2.05, 4.69) is 20.3 Å². The number of hydrogen-bond acceptors (Lipinski definition) is 4. The van der Waals surface area contributed by atoms with Gasteiger partial charge < -0.3 is 5.32 Å². The van der Waals surface area contributed by atoms with Gasteiger partial charge in [0.1, 0.15) is 5.69 Å². The highest BCUT2D eigenvalue weighted by atomic mass is 16.1. The van der Waals surface area contributed by atoms with Gasteiger partial charge in [-0.2, -0.15) is 0 Å². The summed E-state index contributed by atoms with van der Waals surface area (Å²) in [6, 6.07) is 5.72. The predicted octanol–water partition coefficient (Wildman–Crippen LogP) is 1.15. The van der Waals surface area contributed by atoms with Gasteiger partial charge in [-0.15, -0.1) is 0 Å². The molecule has 18 heavy (non-hydrogen) atoms. The molecule has 0 aromatic carbocycles. The van der Waals surface area contributed by atoms with E-state index in [4.69, 9.17) is 0 Å². The fraction of sp³-hybridized carbons (Fsp3) is 0.231. The van der Waals surface area contributed by atoms with Crippen LogP contribution in [0.2, 0.25) is 0 Å². The minimum absolute atomic E-state index is 0.210. The highest BCUT2D eigenvalue weighted by Gasteiger charge is 2.06. The van der Waals surface area contributed by atoms with E-state index in [1.165, 1.54) is 6.20 Å². The standard InChI is InChI=1S/C13H14N4O/c1-10-8-17-12(9-16-10)13(18)15-7-5-11-4-2-3-6-14-11/h2-4,6,8-9H,5,7H2,1H3,(H,15,18). The second kappa shape index (κ2) is 5.86. The van der Waals surface area contributed by atoms with Gasteiger partial charge in [-0.05, 0) is 19.1 Å². The number of amides is 1. The van der Waals surface area contributed by atoms with Crippen LogP contribution in [0.15, 0.2) is 36.8 Å². The summed E-state index contributed by atoms with van der Waals surface area (Å²) in [5, 5.41) is 2.79. The molecule has 0 aliphatic carbocycles. The number of carbonyl (C=O) groups is 1. The average Bonchev–Trinajstić information content (AvgIpc) is 2.40. The van der Waals surface area contributed by atoms with Crippen LogP contribution in [-0.2, 0) is 6.42 Å². The average molecular weight is 242 g/mol. The molecule has 0 saturated carbocycles. The van der Waals surface area contributed by atoms with Crippen molar-refractivity contribution in [3.05, 3.63) is 53.9 Å². The molecule has 0 fully saturated rings. The van der Waals surface area contributed by atoms with Gasteiger partial charge in [-0.1, -0.05) is 6.07 Å². The first-order valence-electron chi connectivity index (χ1n) is 5.72. The third kappa shape index (κ3) is 3.35. The highest BCUT2D eigenvalue weighted by molar-refractivity contribution is 5.91. The van der Waals surface area contributed by atoms with E-state index >= 15 is 0 Å². The van der Waals surface area contributed by atoms with Gasteiger partial charge in [0.15, 0.2) is 0 Å². The third-order valence-electron chi connectivity index (χ3n) is 2.41. The molecule has 0 atom stereocenters. The molecule has 0 aliphatic heterocycles. The van der Waals surface area contributed by atoms with Crippen molar-refractivity contribution in [2.75, 3.05) is 6.54 Å². The van der Waals surface area contributed by atoms with Crippen LogP contribution in [0.3, 0.4) is 0 Å². The molecule has 2 heterocycles. The van der Waals surface area contributed by atoms with Crippen molar-refractivity contribution in [3.8, 4) is 0 Å². The maximum atomic E-state index is 11.7. The van der Waals surface area contributed by atoms with Gasteiger partial charge in [-0.25, -0.2) is 4.98 Å². The van der Waals surface area contributed by atoms with Crippen LogP contribution in [0.1, 0.15) is 21.9 Å². The number of nitrogens with zero attached hydrogens (tertiary/aromatic N) is 3. The fourth-order valence-corrected chi connectivity index (χ4v) is 1.45. The summed E-state index contributed by atoms with van der Waals surface area (Å²) in [7, 11) is 0. The van der Waals surface area contributed by atoms with E-state index < -0.39 is 0 Å². The zero-order valence-corrected chi connectivity index (χ0v) is 10.1. The number of rotatable bonds is 4. The molecule has 1 N–H and O–H groups in total. The molecule has 0 aliphatic rings. The van der Waals surface area contributed by atoms with E-state index in [1.807, 2.05) is 25.1 Å². The molecule has 5 heteroatoms. The maximum Gasteiger partial charge on any atom is 0.271 e. The molecule has 2 aromatic rings. The Morgan fingerprint density at radius 2 is 2.11 bits per heavy atom. The number of carbonyl (C=O) groups excluding carboxylic acids is 1. The topological polar surface area (TPSA) is 67.8 Å². The fourth-order valence-electron chi connectivity index (χ4n) is 1.45. The van der Waals surface area contributed by atoms with Crippen molar-refractivity contribution in [3.63, 3.8) is 0 Å². The Bertz CT molecular complexity index is 510. The molecule has 0 saturated heterocycles. The lowest BCUT2D eigenvalue weighted by molar-refractivity contribution is 0.0948. The van der Waals surface area contributed by atoms with Crippen molar-refractivity contribution in [1.29, 1.82) is 0 Å². The van der Waals surface area contributed by atoms with Gasteiger partial charge >= 0.3 is 0 Å². The monoisotopic (exact) mass is 242 g/mol. The Morgan fingerprint density at radius 1 is 1.22 bits per heavy atom. The molecular formula is C13H14N4O. The lowest BCUT2D eigenvalue weighted by Crippen LogP contribution is -2.26. The summed E-state index contributed by atoms with van der Waals surface area (Å²) < 4.78 is 0. The van der Waals surface area contributed by atoms with Crippen molar-refractivity contribution in [2.45, 2.75) is 13.3 Å². The van der Waals surface area contributed by atoms with Gasteiger partial charge in [-0.3, -0.25) is 14.8 Å². The Morgan fingerprint density at radius 3 is 2.78 bits per heavy atom. The van der Waals surface area contributed by atoms with Crippen LogP contribution in [0.5, 0.6) is 0 Å². The van der Waals surface area contributed by atoms with Crippen molar-refractivity contribution in [1.82, 2.24) is 20.3 Å². The zero-order valence-electron chi connectivity index (χ0n) is 10.1. The molecule has 0 unspecified atom stereocenters. The van der Waals surface area contributed by atoms with Crippen LogP contribution >= 0.6 is 0 Å². The molecule has 2 rings (SSSR count). The minimum Gasteiger partial charge on any atom is -0.350 e. The Kier molecular flexibility index (Phi) is 3.96. The van der Waals surface area contributed by atoms with Crippen LogP contribution in [0.4, 0.5) is 0 Å². The third-order valence-corrected chi connectivity index (χ3v) is 2.41. The van der Waals surface area contributed by atoms with E-state index in [0.29, 0.717) is 18.7 Å². The Balaban J connectivity index is 1.84. The largest absolute Gasteiger partial charge is 0.350 e. The van der Waals surface area contributed by atoms with E-state index in [-0.39, 0.29) is 5.91 Å². The molecule has 0 spiro atoms. The summed E-state index contributed by atoms with van der Waals surface area (Å²) in [5.74, 6) is -0.210. The van der Waals surface area contributed by atoms with E-state index in [1.54, 1.807) is 12.4 Å². The Hall–Kier alpha value is -2.30. The van der Waals surface area contributed by atoms with Crippen LogP contribution in [-0.4, -0.2) is 27.4 Å². The lowest BCUT2D eigenvalue weighted by atomic mass is 10.2. The number of hydrogen-bond donors (Lipinski definition) is 1. The first kappa shape index (κ1) is 12.2. The molecule has 1 amide bonds. The molecule has 0 radical (unpaired) electrons. The smallest absolute Gasteiger partial charge is 0.271 e. The summed E-state index contributed by atoms with van der Waals surface area (Å²) in [6.45, 7) is 2.36. The molecule has 2 aromatic heterocycles. The van der Waals surface area contributed by atoms with Crippen molar-refractivity contribution < 1.29 is 4.79 Å². The van der Waals surface area contributed by atoms with Gasteiger partial charge in [0.2, 0.25) is 0 Å². The predicted molar refractivity (Wildman–Crippen MR) is 67.0 cm³/mol. The van der Waals surface area contributed by atoms with Crippen LogP contribution in [0.25, 0.3) is 0 Å². The normalized spacial score (nSPS) is 10.1. The van der Waals surface area contributed by atoms with Crippen LogP contribution in [0, 0.1) is 6.92 Å². The lowest BCUT2D eigenvalue weighted by Gasteiger charge is -2.04. The minimum atomic E-state index is -0.210. The second-order valence-corrected chi connectivity index (χ2v) is 3.87. The summed E-state index contributed by atoms with van der Waals surface area (Å²) >= 11 is 0. The van der Waals surface area contributed by atoms with Gasteiger partial charge in [0.25, 0.3) is 5.91 Å². The second-order valence-electron chi connectivity index (χ2n) is 3.87. The number of pyridine rings is 1. The van der Waals surface area contributed by atoms with Crippen molar-refractivity contribution >= 4 is 5.91 Å². The summed E-state index contributed by atoms with van der Waals surface area (Å²) in [6.07, 6.45) is 5.49. The van der Waals surface area contributed by atoms with Crippen molar-refractivity contribution in [2.24, 2.45) is 0 Å². The molecule has 0 bridgehead atoms. The molecule has 5 nitrogen and oxygen atoms in total. The van der Waals surface area contributed by atoms with E-state index in [0.717, 1.165) is 11.4 Å². The summed E-state index contributed by atoms with van der Waals surface area (Å²) in [5.41, 5.74) is 2.08. The SMILES string of the molecule is Cc1cnc(C(=O)NCCc2ccccn2)cn1. The van der Waals surface area contributed by atoms with Gasteiger partial charge in [0.05, 0.1) is 11.9 Å². The van der Waals surface area contributed by atoms with Crippen LogP contribution < -0.4 is 5.32 Å². The summed E-state index contributed by atoms with van der Waals surface area (Å²) in [4.78, 5) is 23.9. The van der Waals surface area contributed by atoms with E-state index in [9.17, 15) is 4.79 Å². The Labute approximate surface area is 105 Å². The quantitative estimate of drug-likeness (QED) is 0.873. The number of aromatic nitrogens is 3. The molecular weight excluding hydrogens is 228 g/mol. The zero-order chi connectivity index (χ0) is 12.8.